The molecule has 122 valence electrons. The van der Waals surface area contributed by atoms with Gasteiger partial charge in [0, 0.05) is 22.4 Å². The molecule has 2 heterocycles. The van der Waals surface area contributed by atoms with Crippen LogP contribution in [0.2, 0.25) is 0 Å². The highest BCUT2D eigenvalue weighted by atomic mass is 32.2. The molecule has 0 atom stereocenters. The minimum atomic E-state index is 0.319. The van der Waals surface area contributed by atoms with Crippen LogP contribution in [0, 0.1) is 6.92 Å². The second kappa shape index (κ2) is 5.51. The lowest BCUT2D eigenvalue weighted by molar-refractivity contribution is 0.471. The van der Waals surface area contributed by atoms with Gasteiger partial charge in [-0.1, -0.05) is 42.1 Å². The molecular formula is C20H14N2OS2. The Hall–Kier alpha value is -2.50. The molecule has 0 saturated carbocycles. The molecule has 5 rings (SSSR count). The van der Waals surface area contributed by atoms with Crippen LogP contribution in [-0.4, -0.2) is 10.1 Å². The van der Waals surface area contributed by atoms with Crippen molar-refractivity contribution in [2.75, 3.05) is 5.32 Å². The number of rotatable bonds is 1. The second-order valence-corrected chi connectivity index (χ2v) is 8.17. The number of thioether (sulfide) groups is 1. The third-order valence-corrected chi connectivity index (χ3v) is 6.38. The lowest BCUT2D eigenvalue weighted by atomic mass is 10.1. The van der Waals surface area contributed by atoms with Gasteiger partial charge in [0.15, 0.2) is 0 Å². The van der Waals surface area contributed by atoms with Gasteiger partial charge in [0.1, 0.15) is 10.8 Å². The molecule has 0 aliphatic carbocycles. The van der Waals surface area contributed by atoms with Crippen molar-refractivity contribution >= 4 is 55.9 Å². The van der Waals surface area contributed by atoms with Crippen LogP contribution in [-0.2, 0) is 0 Å². The number of hydrogen-bond donors (Lipinski definition) is 2. The molecule has 5 heteroatoms. The fraction of sp³-hybridized carbons (Fsp3) is 0.0500. The summed E-state index contributed by atoms with van der Waals surface area (Å²) >= 11 is 3.38. The molecule has 4 aromatic rings. The van der Waals surface area contributed by atoms with Crippen molar-refractivity contribution in [2.24, 2.45) is 0 Å². The molecule has 0 spiro atoms. The van der Waals surface area contributed by atoms with Gasteiger partial charge in [-0.05, 0) is 30.0 Å². The molecule has 0 amide bonds. The Balaban J connectivity index is 1.56. The highest BCUT2D eigenvalue weighted by Crippen LogP contribution is 2.44. The maximum Gasteiger partial charge on any atom is 0.120 e. The van der Waals surface area contributed by atoms with Gasteiger partial charge in [-0.3, -0.25) is 0 Å². The predicted molar refractivity (Wildman–Crippen MR) is 107 cm³/mol. The molecule has 3 nitrogen and oxygen atoms in total. The summed E-state index contributed by atoms with van der Waals surface area (Å²) in [6.45, 7) is 1.91. The van der Waals surface area contributed by atoms with Gasteiger partial charge in [0.05, 0.1) is 20.9 Å². The van der Waals surface area contributed by atoms with Crippen LogP contribution in [0.5, 0.6) is 5.75 Å². The Morgan fingerprint density at radius 2 is 2.00 bits per heavy atom. The van der Waals surface area contributed by atoms with E-state index in [1.165, 1.54) is 15.5 Å². The van der Waals surface area contributed by atoms with Crippen LogP contribution in [0.1, 0.15) is 10.6 Å². The topological polar surface area (TPSA) is 45.1 Å². The molecule has 25 heavy (non-hydrogen) atoms. The number of hydrogen-bond acceptors (Lipinski definition) is 5. The van der Waals surface area contributed by atoms with Gasteiger partial charge in [-0.25, -0.2) is 4.98 Å². The van der Waals surface area contributed by atoms with E-state index >= 15 is 0 Å². The number of nitrogens with zero attached hydrogens (tertiary/aromatic N) is 1. The van der Waals surface area contributed by atoms with E-state index in [2.05, 4.69) is 47.8 Å². The molecule has 2 N–H and O–H groups in total. The number of thiazole rings is 1. The molecule has 1 aromatic heterocycles. The number of phenols is 1. The SMILES string of the molecule is Cc1cc2c(cc1O)N/C(=C/c1nc3ccc4ccccc4c3s1)S2. The van der Waals surface area contributed by atoms with Crippen LogP contribution in [0.4, 0.5) is 5.69 Å². The lowest BCUT2D eigenvalue weighted by Crippen LogP contribution is -1.88. The van der Waals surface area contributed by atoms with Gasteiger partial charge in [-0.15, -0.1) is 11.3 Å². The van der Waals surface area contributed by atoms with Crippen LogP contribution in [0.25, 0.3) is 27.1 Å². The number of aromatic nitrogens is 1. The minimum absolute atomic E-state index is 0.319. The van der Waals surface area contributed by atoms with E-state index in [-0.39, 0.29) is 0 Å². The number of phenolic OH excluding ortho intramolecular Hbond substituents is 1. The van der Waals surface area contributed by atoms with Crippen LogP contribution >= 0.6 is 23.1 Å². The van der Waals surface area contributed by atoms with Gasteiger partial charge >= 0.3 is 0 Å². The van der Waals surface area contributed by atoms with E-state index in [0.717, 1.165) is 31.7 Å². The average molecular weight is 362 g/mol. The number of nitrogens with one attached hydrogen (secondary N) is 1. The average Bonchev–Trinajstić information content (AvgIpc) is 3.18. The van der Waals surface area contributed by atoms with E-state index in [9.17, 15) is 5.11 Å². The number of anilines is 1. The van der Waals surface area contributed by atoms with Crippen molar-refractivity contribution in [2.45, 2.75) is 11.8 Å². The minimum Gasteiger partial charge on any atom is -0.508 e. The Morgan fingerprint density at radius 3 is 2.92 bits per heavy atom. The number of fused-ring (bicyclic) bond motifs is 4. The van der Waals surface area contributed by atoms with E-state index in [0.29, 0.717) is 5.75 Å². The molecule has 0 fully saturated rings. The van der Waals surface area contributed by atoms with Crippen molar-refractivity contribution in [3.63, 3.8) is 0 Å². The highest BCUT2D eigenvalue weighted by Gasteiger charge is 2.18. The Kier molecular flexibility index (Phi) is 3.26. The zero-order chi connectivity index (χ0) is 17.0. The van der Waals surface area contributed by atoms with E-state index < -0.39 is 0 Å². The quantitative estimate of drug-likeness (QED) is 0.437. The summed E-state index contributed by atoms with van der Waals surface area (Å²) in [6.07, 6.45) is 2.08. The summed E-state index contributed by atoms with van der Waals surface area (Å²) in [4.78, 5) is 5.90. The maximum absolute atomic E-state index is 9.88. The molecular weight excluding hydrogens is 348 g/mol. The summed E-state index contributed by atoms with van der Waals surface area (Å²) in [5.74, 6) is 0.319. The monoisotopic (exact) mass is 362 g/mol. The van der Waals surface area contributed by atoms with E-state index in [1.807, 2.05) is 13.0 Å². The molecule has 0 bridgehead atoms. The fourth-order valence-electron chi connectivity index (χ4n) is 3.04. The Bertz CT molecular complexity index is 1140. The number of benzene rings is 3. The second-order valence-electron chi connectivity index (χ2n) is 6.06. The van der Waals surface area contributed by atoms with Crippen LogP contribution in [0.15, 0.2) is 58.5 Å². The molecule has 1 aliphatic rings. The van der Waals surface area contributed by atoms with Crippen molar-refractivity contribution in [1.82, 2.24) is 4.98 Å². The smallest absolute Gasteiger partial charge is 0.120 e. The first kappa shape index (κ1) is 14.8. The number of aryl methyl sites for hydroxylation is 1. The summed E-state index contributed by atoms with van der Waals surface area (Å²) < 4.78 is 1.22. The third-order valence-electron chi connectivity index (χ3n) is 4.33. The van der Waals surface area contributed by atoms with Crippen molar-refractivity contribution in [3.8, 4) is 5.75 Å². The zero-order valence-electron chi connectivity index (χ0n) is 13.4. The number of aromatic hydroxyl groups is 1. The standard InChI is InChI=1S/C20H14N2OS2/c1-11-8-17-15(9-16(11)23)22-18(24-17)10-19-21-14-7-6-12-4-2-3-5-13(12)20(14)25-19/h2-10,22-23H,1H3/b18-10-. The first-order chi connectivity index (χ1) is 12.2. The van der Waals surface area contributed by atoms with Crippen molar-refractivity contribution < 1.29 is 5.11 Å². The lowest BCUT2D eigenvalue weighted by Gasteiger charge is -2.01. The molecule has 3 aromatic carbocycles. The van der Waals surface area contributed by atoms with Gasteiger partial charge in [0.25, 0.3) is 0 Å². The first-order valence-corrected chi connectivity index (χ1v) is 9.59. The van der Waals surface area contributed by atoms with Gasteiger partial charge in [-0.2, -0.15) is 0 Å². The maximum atomic E-state index is 9.88. The third kappa shape index (κ3) is 2.47. The zero-order valence-corrected chi connectivity index (χ0v) is 15.0. The summed E-state index contributed by atoms with van der Waals surface area (Å²) in [5.41, 5.74) is 2.87. The van der Waals surface area contributed by atoms with Gasteiger partial charge in [0.2, 0.25) is 0 Å². The fourth-order valence-corrected chi connectivity index (χ4v) is 5.18. The summed E-state index contributed by atoms with van der Waals surface area (Å²) in [7, 11) is 0. The molecule has 0 unspecified atom stereocenters. The molecule has 0 saturated heterocycles. The van der Waals surface area contributed by atoms with E-state index in [4.69, 9.17) is 4.98 Å². The van der Waals surface area contributed by atoms with E-state index in [1.54, 1.807) is 29.2 Å². The van der Waals surface area contributed by atoms with Gasteiger partial charge < -0.3 is 10.4 Å². The largest absolute Gasteiger partial charge is 0.508 e. The van der Waals surface area contributed by atoms with Crippen LogP contribution in [0.3, 0.4) is 0 Å². The van der Waals surface area contributed by atoms with Crippen molar-refractivity contribution in [3.05, 3.63) is 64.1 Å². The Morgan fingerprint density at radius 1 is 1.12 bits per heavy atom. The summed E-state index contributed by atoms with van der Waals surface area (Å²) in [6, 6.07) is 16.4. The molecule has 1 aliphatic heterocycles. The predicted octanol–water partition coefficient (Wildman–Crippen LogP) is 5.98. The summed E-state index contributed by atoms with van der Waals surface area (Å²) in [5, 5.41) is 17.7. The molecule has 0 radical (unpaired) electrons. The van der Waals surface area contributed by atoms with Crippen molar-refractivity contribution in [1.29, 1.82) is 0 Å². The normalized spacial score (nSPS) is 15.0. The first-order valence-electron chi connectivity index (χ1n) is 7.96. The van der Waals surface area contributed by atoms with Crippen LogP contribution < -0.4 is 5.32 Å². The highest BCUT2D eigenvalue weighted by molar-refractivity contribution is 8.03. The Labute approximate surface area is 153 Å².